The van der Waals surface area contributed by atoms with Crippen LogP contribution in [0.3, 0.4) is 0 Å². The van der Waals surface area contributed by atoms with Crippen LogP contribution in [0.5, 0.6) is 5.75 Å². The van der Waals surface area contributed by atoms with Gasteiger partial charge in [-0.1, -0.05) is 6.07 Å². The molecule has 1 aliphatic rings. The summed E-state index contributed by atoms with van der Waals surface area (Å²) >= 11 is 0. The first-order valence-electron chi connectivity index (χ1n) is 8.56. The Bertz CT molecular complexity index is 1120. The predicted molar refractivity (Wildman–Crippen MR) is 96.4 cm³/mol. The lowest BCUT2D eigenvalue weighted by Gasteiger charge is -2.10. The van der Waals surface area contributed by atoms with E-state index in [9.17, 15) is 24.9 Å². The molecule has 0 spiro atoms. The summed E-state index contributed by atoms with van der Waals surface area (Å²) in [6.45, 7) is -0.431. The number of aliphatic carboxylic acids is 1. The Hall–Kier alpha value is -3.46. The molecule has 1 aromatic carbocycles. The van der Waals surface area contributed by atoms with Crippen LogP contribution in [0.25, 0.3) is 16.9 Å². The van der Waals surface area contributed by atoms with Gasteiger partial charge in [-0.15, -0.1) is 5.10 Å². The van der Waals surface area contributed by atoms with Crippen LogP contribution in [-0.4, -0.2) is 49.0 Å². The lowest BCUT2D eigenvalue weighted by molar-refractivity contribution is -0.140. The van der Waals surface area contributed by atoms with Gasteiger partial charge in [0.1, 0.15) is 5.41 Å². The molecule has 0 bridgehead atoms. The number of hydrogen-bond donors (Lipinski definition) is 3. The number of nitrogens with zero attached hydrogens (tertiary/aromatic N) is 3. The van der Waals surface area contributed by atoms with E-state index in [2.05, 4.69) is 10.1 Å². The molecule has 2 heterocycles. The molecule has 3 N–H and O–H groups in total. The number of benzene rings is 1. The fourth-order valence-corrected chi connectivity index (χ4v) is 3.27. The molecule has 0 atom stereocenters. The fourth-order valence-electron chi connectivity index (χ4n) is 3.27. The number of rotatable bonds is 6. The van der Waals surface area contributed by atoms with Gasteiger partial charge in [-0.3, -0.25) is 4.79 Å². The number of carbonyl (C=O) groups is 2. The van der Waals surface area contributed by atoms with Crippen molar-refractivity contribution in [3.05, 3.63) is 47.3 Å². The van der Waals surface area contributed by atoms with E-state index in [1.165, 1.54) is 17.7 Å². The summed E-state index contributed by atoms with van der Waals surface area (Å²) in [6, 6.07) is 8.00. The maximum absolute atomic E-state index is 11.7. The number of methoxy groups -OCH3 is 1. The number of aliphatic hydroxyl groups is 1. The van der Waals surface area contributed by atoms with E-state index in [4.69, 9.17) is 4.74 Å². The second-order valence-corrected chi connectivity index (χ2v) is 6.68. The molecule has 0 unspecified atom stereocenters. The van der Waals surface area contributed by atoms with Crippen LogP contribution in [0.1, 0.15) is 34.6 Å². The van der Waals surface area contributed by atoms with Crippen molar-refractivity contribution < 1.29 is 29.6 Å². The van der Waals surface area contributed by atoms with Crippen LogP contribution >= 0.6 is 0 Å². The molecule has 0 aliphatic heterocycles. The molecule has 4 rings (SSSR count). The van der Waals surface area contributed by atoms with Gasteiger partial charge in [0.15, 0.2) is 17.2 Å². The fraction of sp³-hybridized carbons (Fsp3) is 0.263. The molecule has 9 heteroatoms. The monoisotopic (exact) mass is 383 g/mol. The van der Waals surface area contributed by atoms with Crippen molar-refractivity contribution in [3.8, 4) is 17.0 Å². The normalized spacial score (nSPS) is 14.8. The third-order valence-corrected chi connectivity index (χ3v) is 5.06. The van der Waals surface area contributed by atoms with E-state index in [-0.39, 0.29) is 17.0 Å². The zero-order valence-electron chi connectivity index (χ0n) is 14.9. The third-order valence-electron chi connectivity index (χ3n) is 5.06. The van der Waals surface area contributed by atoms with E-state index in [0.29, 0.717) is 35.5 Å². The Balaban J connectivity index is 1.92. The lowest BCUT2D eigenvalue weighted by atomic mass is 10.0. The van der Waals surface area contributed by atoms with Gasteiger partial charge in [0.2, 0.25) is 0 Å². The van der Waals surface area contributed by atoms with Gasteiger partial charge in [-0.05, 0) is 42.7 Å². The number of carboxylic acids is 2. The van der Waals surface area contributed by atoms with Gasteiger partial charge in [0.25, 0.3) is 0 Å². The highest BCUT2D eigenvalue weighted by Gasteiger charge is 2.55. The van der Waals surface area contributed by atoms with E-state index >= 15 is 0 Å². The number of hydrogen-bond acceptors (Lipinski definition) is 6. The second-order valence-electron chi connectivity index (χ2n) is 6.68. The van der Waals surface area contributed by atoms with Gasteiger partial charge in [0, 0.05) is 5.56 Å². The summed E-state index contributed by atoms with van der Waals surface area (Å²) in [6.07, 6.45) is 0.942. The number of pyridine rings is 1. The minimum absolute atomic E-state index is 0.0121. The molecular formula is C19H17N3O6. The van der Waals surface area contributed by atoms with Crippen molar-refractivity contribution in [1.82, 2.24) is 14.6 Å². The third kappa shape index (κ3) is 2.59. The molecule has 9 nitrogen and oxygen atoms in total. The Morgan fingerprint density at radius 3 is 2.54 bits per heavy atom. The minimum atomic E-state index is -1.13. The summed E-state index contributed by atoms with van der Waals surface area (Å²) in [5.41, 5.74) is 0.755. The Morgan fingerprint density at radius 2 is 1.96 bits per heavy atom. The summed E-state index contributed by atoms with van der Waals surface area (Å²) in [4.78, 5) is 27.4. The van der Waals surface area contributed by atoms with Crippen LogP contribution in [0.2, 0.25) is 0 Å². The molecule has 1 saturated carbocycles. The lowest BCUT2D eigenvalue weighted by Crippen LogP contribution is -2.21. The number of aromatic carboxylic acids is 1. The van der Waals surface area contributed by atoms with Gasteiger partial charge in [-0.25, -0.2) is 14.3 Å². The zero-order valence-corrected chi connectivity index (χ0v) is 14.9. The average molecular weight is 383 g/mol. The molecule has 0 amide bonds. The van der Waals surface area contributed by atoms with Crippen LogP contribution in [-0.2, 0) is 16.8 Å². The van der Waals surface area contributed by atoms with Gasteiger partial charge in [0.05, 0.1) is 25.0 Å². The summed E-state index contributed by atoms with van der Waals surface area (Å²) in [5.74, 6) is -1.43. The molecule has 28 heavy (non-hydrogen) atoms. The van der Waals surface area contributed by atoms with E-state index in [1.54, 1.807) is 24.3 Å². The number of carboxylic acid groups (broad SMARTS) is 2. The molecule has 2 aromatic heterocycles. The van der Waals surface area contributed by atoms with Crippen LogP contribution in [0, 0.1) is 0 Å². The SMILES string of the molecule is COc1ccc(-c2ccc(C(=O)O)c(CO)c2)n2nc(C3(C(=O)O)CC3)nc12. The molecule has 0 saturated heterocycles. The van der Waals surface area contributed by atoms with Crippen molar-refractivity contribution in [2.75, 3.05) is 7.11 Å². The highest BCUT2D eigenvalue weighted by molar-refractivity contribution is 5.90. The largest absolute Gasteiger partial charge is 0.493 e. The first kappa shape index (κ1) is 17.9. The Morgan fingerprint density at radius 1 is 1.21 bits per heavy atom. The van der Waals surface area contributed by atoms with Crippen molar-refractivity contribution in [1.29, 1.82) is 0 Å². The highest BCUT2D eigenvalue weighted by Crippen LogP contribution is 2.47. The maximum Gasteiger partial charge on any atom is 0.336 e. The van der Waals surface area contributed by atoms with Crippen molar-refractivity contribution in [2.45, 2.75) is 24.9 Å². The first-order chi connectivity index (χ1) is 13.4. The van der Waals surface area contributed by atoms with Gasteiger partial charge < -0.3 is 20.1 Å². The quantitative estimate of drug-likeness (QED) is 0.586. The van der Waals surface area contributed by atoms with E-state index in [1.807, 2.05) is 0 Å². The van der Waals surface area contributed by atoms with E-state index in [0.717, 1.165) is 0 Å². The number of ether oxygens (including phenoxy) is 1. The predicted octanol–water partition coefficient (Wildman–Crippen LogP) is 1.71. The molecule has 1 aliphatic carbocycles. The topological polar surface area (TPSA) is 134 Å². The van der Waals surface area contributed by atoms with Crippen LogP contribution < -0.4 is 4.74 Å². The van der Waals surface area contributed by atoms with Gasteiger partial charge in [-0.2, -0.15) is 0 Å². The summed E-state index contributed by atoms with van der Waals surface area (Å²) in [5, 5.41) is 32.7. The average Bonchev–Trinajstić information content (AvgIpc) is 3.39. The Labute approximate surface area is 158 Å². The number of fused-ring (bicyclic) bond motifs is 1. The Kier molecular flexibility index (Phi) is 4.04. The number of aliphatic hydroxyl groups excluding tert-OH is 1. The first-order valence-corrected chi connectivity index (χ1v) is 8.56. The molecule has 0 radical (unpaired) electrons. The summed E-state index contributed by atoms with van der Waals surface area (Å²) in [7, 11) is 1.49. The van der Waals surface area contributed by atoms with Crippen molar-refractivity contribution in [3.63, 3.8) is 0 Å². The van der Waals surface area contributed by atoms with Crippen molar-refractivity contribution in [2.24, 2.45) is 0 Å². The second kappa shape index (κ2) is 6.31. The molecular weight excluding hydrogens is 366 g/mol. The van der Waals surface area contributed by atoms with Crippen LogP contribution in [0.4, 0.5) is 0 Å². The maximum atomic E-state index is 11.7. The van der Waals surface area contributed by atoms with E-state index < -0.39 is 24.0 Å². The smallest absolute Gasteiger partial charge is 0.336 e. The molecule has 1 fully saturated rings. The number of aromatic nitrogens is 3. The highest BCUT2D eigenvalue weighted by atomic mass is 16.5. The molecule has 3 aromatic rings. The van der Waals surface area contributed by atoms with Crippen molar-refractivity contribution >= 4 is 17.6 Å². The van der Waals surface area contributed by atoms with Gasteiger partial charge >= 0.3 is 11.9 Å². The zero-order chi connectivity index (χ0) is 20.1. The molecule has 144 valence electrons. The standard InChI is InChI=1S/C19H17N3O6/c1-28-14-5-4-13(10-2-3-12(16(24)25)11(8-10)9-23)22-15(14)20-17(21-22)19(6-7-19)18(26)27/h2-5,8,23H,6-7,9H2,1H3,(H,24,25)(H,26,27). The summed E-state index contributed by atoms with van der Waals surface area (Å²) < 4.78 is 6.83. The van der Waals surface area contributed by atoms with Crippen LogP contribution in [0.15, 0.2) is 30.3 Å². The minimum Gasteiger partial charge on any atom is -0.493 e.